The molecule has 0 aromatic heterocycles. The maximum atomic E-state index is 14.4. The summed E-state index contributed by atoms with van der Waals surface area (Å²) in [5.41, 5.74) is 0.370. The van der Waals surface area contributed by atoms with Crippen LogP contribution in [0.3, 0.4) is 0 Å². The molecule has 0 radical (unpaired) electrons. The predicted octanol–water partition coefficient (Wildman–Crippen LogP) is 1.35. The molecule has 2 atom stereocenters. The molecule has 15 heteroatoms. The van der Waals surface area contributed by atoms with E-state index in [1.807, 2.05) is 0 Å². The summed E-state index contributed by atoms with van der Waals surface area (Å²) in [6.07, 6.45) is 1.71. The van der Waals surface area contributed by atoms with Crippen molar-refractivity contribution in [3.05, 3.63) is 41.7 Å². The van der Waals surface area contributed by atoms with Crippen molar-refractivity contribution in [1.29, 1.82) is 0 Å². The second-order valence-electron chi connectivity index (χ2n) is 8.99. The fourth-order valence-electron chi connectivity index (χ4n) is 4.08. The van der Waals surface area contributed by atoms with Gasteiger partial charge in [-0.3, -0.25) is 33.8 Å². The first-order valence-corrected chi connectivity index (χ1v) is 12.5. The molecule has 2 fully saturated rings. The van der Waals surface area contributed by atoms with Gasteiger partial charge in [0.15, 0.2) is 12.1 Å². The highest BCUT2D eigenvalue weighted by Gasteiger charge is 2.37. The average molecular weight is 563 g/mol. The van der Waals surface area contributed by atoms with Crippen LogP contribution in [0.25, 0.3) is 0 Å². The van der Waals surface area contributed by atoms with Crippen LogP contribution in [0.15, 0.2) is 30.4 Å². The van der Waals surface area contributed by atoms with Crippen LogP contribution in [0.4, 0.5) is 9.18 Å². The zero-order valence-corrected chi connectivity index (χ0v) is 21.2. The number of rotatable bonds is 12. The molecule has 14 nitrogen and oxygen atoms in total. The predicted molar refractivity (Wildman–Crippen MR) is 127 cm³/mol. The Morgan fingerprint density at radius 1 is 1.05 bits per heavy atom. The number of imide groups is 4. The van der Waals surface area contributed by atoms with Gasteiger partial charge in [0.05, 0.1) is 12.7 Å². The van der Waals surface area contributed by atoms with Gasteiger partial charge in [-0.2, -0.15) is 4.90 Å². The Morgan fingerprint density at radius 2 is 1.77 bits per heavy atom. The normalized spacial score (nSPS) is 20.5. The Balaban J connectivity index is 1.10. The summed E-state index contributed by atoms with van der Waals surface area (Å²) >= 11 is 0. The lowest BCUT2D eigenvalue weighted by atomic mass is 10.1. The van der Waals surface area contributed by atoms with Gasteiger partial charge in [-0.05, 0) is 37.5 Å². The van der Waals surface area contributed by atoms with E-state index in [4.69, 9.17) is 9.47 Å². The van der Waals surface area contributed by atoms with E-state index in [1.54, 1.807) is 0 Å². The Hall–Kier alpha value is -4.21. The van der Waals surface area contributed by atoms with Crippen LogP contribution in [0.1, 0.15) is 50.4 Å². The van der Waals surface area contributed by atoms with Gasteiger partial charge in [0, 0.05) is 55.1 Å². The van der Waals surface area contributed by atoms with Gasteiger partial charge in [0.2, 0.25) is 23.5 Å². The minimum Gasteiger partial charge on any atom is -0.356 e. The number of hydrogen-bond donors (Lipinski definition) is 1. The fraction of sp³-hybridized carbons (Fsp3) is 0.440. The molecule has 0 saturated carbocycles. The van der Waals surface area contributed by atoms with Crippen molar-refractivity contribution in [2.45, 2.75) is 50.9 Å². The third kappa shape index (κ3) is 7.25. The lowest BCUT2D eigenvalue weighted by molar-refractivity contribution is -0.431. The van der Waals surface area contributed by atoms with Gasteiger partial charge in [0.25, 0.3) is 11.8 Å². The van der Waals surface area contributed by atoms with Crippen molar-refractivity contribution in [1.82, 2.24) is 15.1 Å². The van der Waals surface area contributed by atoms with Crippen LogP contribution in [0, 0.1) is 5.82 Å². The molecule has 4 rings (SSSR count). The van der Waals surface area contributed by atoms with Crippen molar-refractivity contribution >= 4 is 35.6 Å². The highest BCUT2D eigenvalue weighted by Crippen LogP contribution is 2.31. The van der Waals surface area contributed by atoms with Gasteiger partial charge < -0.3 is 14.8 Å². The number of hydrogen-bond acceptors (Lipinski definition) is 11. The number of carbonyl (C=O) groups excluding carboxylic acids is 6. The lowest BCUT2D eigenvalue weighted by Crippen LogP contribution is -2.36. The molecule has 3 aliphatic heterocycles. The Labute approximate surface area is 226 Å². The Morgan fingerprint density at radius 3 is 2.48 bits per heavy atom. The third-order valence-electron chi connectivity index (χ3n) is 6.18. The van der Waals surface area contributed by atoms with Crippen molar-refractivity contribution < 1.29 is 57.4 Å². The number of carbonyl (C=O) groups is 6. The first-order valence-electron chi connectivity index (χ1n) is 12.5. The quantitative estimate of drug-likeness (QED) is 0.169. The number of ether oxygens (including phenoxy) is 2. The lowest BCUT2D eigenvalue weighted by Gasteiger charge is -2.14. The summed E-state index contributed by atoms with van der Waals surface area (Å²) in [6.45, 7) is 0.739. The second-order valence-corrected chi connectivity index (χ2v) is 8.99. The topological polar surface area (TPSA) is 167 Å². The van der Waals surface area contributed by atoms with Gasteiger partial charge in [-0.1, -0.05) is 0 Å². The molecule has 0 bridgehead atoms. The number of nitrogens with one attached hydrogen (secondary N) is 1. The summed E-state index contributed by atoms with van der Waals surface area (Å²) in [7, 11) is 0. The average Bonchev–Trinajstić information content (AvgIpc) is 3.62. The molecule has 6 amide bonds. The smallest absolute Gasteiger partial charge is 0.356 e. The largest absolute Gasteiger partial charge is 0.458 e. The standard InChI is InChI=1S/C25H26FN3O11/c26-17-13-15(4-5-18(17)38-40-39-25(35)29-22(33)8-9-23(29)34)24-36-14-16(37-24)3-1-2-11-27-19(30)10-12-28-20(31)6-7-21(28)32/h4-7,13,16,24H,1-3,8-12,14H2,(H,27,30). The Bertz CT molecular complexity index is 1190. The van der Waals surface area contributed by atoms with Crippen LogP contribution in [0.2, 0.25) is 0 Å². The van der Waals surface area contributed by atoms with E-state index in [0.29, 0.717) is 24.9 Å². The van der Waals surface area contributed by atoms with E-state index in [2.05, 4.69) is 20.1 Å². The number of likely N-dealkylation sites (tertiary alicyclic amines) is 1. The van der Waals surface area contributed by atoms with Gasteiger partial charge in [-0.15, -0.1) is 0 Å². The zero-order valence-electron chi connectivity index (χ0n) is 21.2. The molecule has 1 N–H and O–H groups in total. The molecule has 3 aliphatic rings. The van der Waals surface area contributed by atoms with E-state index >= 15 is 0 Å². The van der Waals surface area contributed by atoms with Crippen LogP contribution < -0.4 is 10.2 Å². The highest BCUT2D eigenvalue weighted by atomic mass is 19.1. The van der Waals surface area contributed by atoms with Gasteiger partial charge in [0.1, 0.15) is 0 Å². The maximum Gasteiger partial charge on any atom is 0.458 e. The first-order chi connectivity index (χ1) is 19.2. The summed E-state index contributed by atoms with van der Waals surface area (Å²) in [5.74, 6) is -3.89. The van der Waals surface area contributed by atoms with E-state index < -0.39 is 47.6 Å². The minimum absolute atomic E-state index is 0.0265. The number of halogens is 1. The van der Waals surface area contributed by atoms with Crippen molar-refractivity contribution in [3.63, 3.8) is 0 Å². The van der Waals surface area contributed by atoms with Crippen molar-refractivity contribution in [2.24, 2.45) is 0 Å². The molecule has 2 saturated heterocycles. The molecule has 40 heavy (non-hydrogen) atoms. The molecule has 1 aromatic rings. The second kappa shape index (κ2) is 13.2. The van der Waals surface area contributed by atoms with Gasteiger partial charge >= 0.3 is 6.09 Å². The fourth-order valence-corrected chi connectivity index (χ4v) is 4.08. The van der Waals surface area contributed by atoms with Crippen LogP contribution in [-0.2, 0) is 43.4 Å². The summed E-state index contributed by atoms with van der Waals surface area (Å²) in [6, 6.07) is 3.74. The highest BCUT2D eigenvalue weighted by molar-refractivity contribution is 6.13. The number of amides is 6. The van der Waals surface area contributed by atoms with Crippen LogP contribution >= 0.6 is 0 Å². The van der Waals surface area contributed by atoms with Crippen LogP contribution in [0.5, 0.6) is 5.75 Å². The number of nitrogens with zero attached hydrogens (tertiary/aromatic N) is 2. The first kappa shape index (κ1) is 28.8. The molecule has 2 unspecified atom stereocenters. The minimum atomic E-state index is -1.39. The van der Waals surface area contributed by atoms with E-state index in [9.17, 15) is 33.2 Å². The number of benzene rings is 1. The molecular formula is C25H26FN3O11. The zero-order chi connectivity index (χ0) is 28.6. The SMILES string of the molecule is O=C(CCN1C(=O)C=CC1=O)NCCCCC1COC(c2ccc(OOOC(=O)N3C(=O)CCC3=O)c(F)c2)O1. The van der Waals surface area contributed by atoms with Crippen molar-refractivity contribution in [2.75, 3.05) is 19.7 Å². The molecule has 3 heterocycles. The Kier molecular flexibility index (Phi) is 9.52. The molecule has 1 aromatic carbocycles. The van der Waals surface area contributed by atoms with Crippen molar-refractivity contribution in [3.8, 4) is 5.75 Å². The summed E-state index contributed by atoms with van der Waals surface area (Å²) in [5, 5.41) is 6.96. The van der Waals surface area contributed by atoms with E-state index in [0.717, 1.165) is 17.4 Å². The van der Waals surface area contributed by atoms with Gasteiger partial charge in [-0.25, -0.2) is 14.1 Å². The molecule has 0 aliphatic carbocycles. The molecular weight excluding hydrogens is 537 g/mol. The number of unbranched alkanes of at least 4 members (excludes halogenated alkanes) is 1. The molecule has 214 valence electrons. The summed E-state index contributed by atoms with van der Waals surface area (Å²) < 4.78 is 25.8. The summed E-state index contributed by atoms with van der Waals surface area (Å²) in [4.78, 5) is 79.7. The maximum absolute atomic E-state index is 14.4. The van der Waals surface area contributed by atoms with Crippen LogP contribution in [-0.4, -0.2) is 71.2 Å². The van der Waals surface area contributed by atoms with E-state index in [1.165, 1.54) is 24.3 Å². The monoisotopic (exact) mass is 563 g/mol. The van der Waals surface area contributed by atoms with E-state index in [-0.39, 0.29) is 49.3 Å². The molecule has 0 spiro atoms. The third-order valence-corrected chi connectivity index (χ3v) is 6.18.